The predicted octanol–water partition coefficient (Wildman–Crippen LogP) is 3.07. The van der Waals surface area contributed by atoms with Crippen molar-refractivity contribution in [3.8, 4) is 0 Å². The smallest absolute Gasteiger partial charge is 0.317 e. The lowest BCUT2D eigenvalue weighted by Gasteiger charge is -2.33. The molecule has 1 N–H and O–H groups in total. The van der Waals surface area contributed by atoms with E-state index in [2.05, 4.69) is 17.1 Å². The minimum atomic E-state index is -0.0591. The van der Waals surface area contributed by atoms with E-state index in [0.29, 0.717) is 36.8 Å². The van der Waals surface area contributed by atoms with Crippen molar-refractivity contribution in [2.24, 2.45) is 0 Å². The number of carbonyl (C=O) groups excluding carboxylic acids is 2. The van der Waals surface area contributed by atoms with E-state index in [9.17, 15) is 9.59 Å². The first-order valence-electron chi connectivity index (χ1n) is 10.4. The zero-order chi connectivity index (χ0) is 19.9. The third-order valence-electron chi connectivity index (χ3n) is 5.63. The first-order valence-corrected chi connectivity index (χ1v) is 10.8. The average Bonchev–Trinajstić information content (AvgIpc) is 2.96. The molecule has 0 radical (unpaired) electrons. The van der Waals surface area contributed by atoms with Crippen molar-refractivity contribution in [2.45, 2.75) is 38.6 Å². The highest BCUT2D eigenvalue weighted by Crippen LogP contribution is 2.18. The lowest BCUT2D eigenvalue weighted by Crippen LogP contribution is -2.50. The monoisotopic (exact) mass is 406 g/mol. The number of carbonyl (C=O) groups is 2. The van der Waals surface area contributed by atoms with Gasteiger partial charge in [0, 0.05) is 45.3 Å². The van der Waals surface area contributed by atoms with Gasteiger partial charge in [-0.25, -0.2) is 4.79 Å². The number of benzene rings is 1. The molecule has 1 aromatic rings. The Morgan fingerprint density at radius 2 is 1.71 bits per heavy atom. The first-order chi connectivity index (χ1) is 13.6. The van der Waals surface area contributed by atoms with Crippen molar-refractivity contribution >= 4 is 23.5 Å². The molecular weight excluding hydrogens is 376 g/mol. The number of piperidine rings is 1. The summed E-state index contributed by atoms with van der Waals surface area (Å²) in [7, 11) is 0. The van der Waals surface area contributed by atoms with Gasteiger partial charge >= 0.3 is 6.03 Å². The van der Waals surface area contributed by atoms with E-state index in [-0.39, 0.29) is 18.0 Å². The lowest BCUT2D eigenvalue weighted by atomic mass is 10.1. The summed E-state index contributed by atoms with van der Waals surface area (Å²) in [5.41, 5.74) is 0.529. The Labute approximate surface area is 172 Å². The molecule has 3 rings (SSSR count). The van der Waals surface area contributed by atoms with Crippen LogP contribution in [0.4, 0.5) is 4.79 Å². The van der Waals surface area contributed by atoms with E-state index < -0.39 is 0 Å². The molecule has 0 unspecified atom stereocenters. The predicted molar refractivity (Wildman–Crippen MR) is 112 cm³/mol. The van der Waals surface area contributed by atoms with E-state index in [4.69, 9.17) is 11.6 Å². The summed E-state index contributed by atoms with van der Waals surface area (Å²) in [5.74, 6) is -0.0591. The molecule has 0 aliphatic carbocycles. The summed E-state index contributed by atoms with van der Waals surface area (Å²) in [5, 5.41) is 3.67. The quantitative estimate of drug-likeness (QED) is 0.836. The highest BCUT2D eigenvalue weighted by Gasteiger charge is 2.26. The maximum absolute atomic E-state index is 12.8. The van der Waals surface area contributed by atoms with Gasteiger partial charge in [-0.2, -0.15) is 0 Å². The number of hydrogen-bond donors (Lipinski definition) is 1. The van der Waals surface area contributed by atoms with Crippen molar-refractivity contribution in [1.29, 1.82) is 0 Å². The van der Waals surface area contributed by atoms with E-state index in [0.717, 1.165) is 38.9 Å². The Kier molecular flexibility index (Phi) is 7.57. The fourth-order valence-corrected chi connectivity index (χ4v) is 4.23. The molecule has 0 bridgehead atoms. The van der Waals surface area contributed by atoms with Gasteiger partial charge in [0.1, 0.15) is 0 Å². The number of nitrogens with one attached hydrogen (secondary N) is 1. The number of amides is 3. The van der Waals surface area contributed by atoms with Crippen molar-refractivity contribution in [2.75, 3.05) is 45.8 Å². The lowest BCUT2D eigenvalue weighted by molar-refractivity contribution is 0.0762. The topological polar surface area (TPSA) is 55.9 Å². The molecule has 6 nitrogen and oxygen atoms in total. The minimum Gasteiger partial charge on any atom is -0.337 e. The highest BCUT2D eigenvalue weighted by atomic mass is 35.5. The van der Waals surface area contributed by atoms with Crippen LogP contribution in [0.2, 0.25) is 5.02 Å². The summed E-state index contributed by atoms with van der Waals surface area (Å²) >= 11 is 6.17. The third-order valence-corrected chi connectivity index (χ3v) is 5.96. The second kappa shape index (κ2) is 10.1. The number of urea groups is 1. The molecule has 0 spiro atoms. The average molecular weight is 407 g/mol. The summed E-state index contributed by atoms with van der Waals surface area (Å²) in [4.78, 5) is 31.6. The molecule has 0 atom stereocenters. The van der Waals surface area contributed by atoms with Crippen molar-refractivity contribution in [3.05, 3.63) is 34.9 Å². The Hall–Kier alpha value is -1.79. The summed E-state index contributed by atoms with van der Waals surface area (Å²) in [6.45, 7) is 7.85. The van der Waals surface area contributed by atoms with Crippen LogP contribution in [0.1, 0.15) is 43.0 Å². The molecule has 154 valence electrons. The van der Waals surface area contributed by atoms with Crippen LogP contribution >= 0.6 is 11.6 Å². The molecule has 28 heavy (non-hydrogen) atoms. The normalized spacial score (nSPS) is 19.4. The van der Waals surface area contributed by atoms with E-state index in [1.165, 1.54) is 6.42 Å². The number of hydrogen-bond acceptors (Lipinski definition) is 3. The van der Waals surface area contributed by atoms with Crippen LogP contribution in [0, 0.1) is 0 Å². The van der Waals surface area contributed by atoms with Crippen molar-refractivity contribution in [1.82, 2.24) is 20.0 Å². The Morgan fingerprint density at radius 1 is 1.04 bits per heavy atom. The van der Waals surface area contributed by atoms with Crippen molar-refractivity contribution in [3.63, 3.8) is 0 Å². The molecule has 2 aliphatic rings. The largest absolute Gasteiger partial charge is 0.337 e. The summed E-state index contributed by atoms with van der Waals surface area (Å²) in [6.07, 6.45) is 3.97. The van der Waals surface area contributed by atoms with Crippen LogP contribution in [-0.4, -0.2) is 78.5 Å². The van der Waals surface area contributed by atoms with Crippen LogP contribution in [-0.2, 0) is 0 Å². The van der Waals surface area contributed by atoms with Gasteiger partial charge in [0.25, 0.3) is 5.91 Å². The molecule has 2 saturated heterocycles. The Balaban J connectivity index is 1.49. The zero-order valence-corrected chi connectivity index (χ0v) is 17.5. The third kappa shape index (κ3) is 5.39. The van der Waals surface area contributed by atoms with Gasteiger partial charge in [0.2, 0.25) is 0 Å². The van der Waals surface area contributed by atoms with Gasteiger partial charge in [-0.3, -0.25) is 4.79 Å². The standard InChI is InChI=1S/C21H31ClN4O2/c1-2-10-24-13-8-17(9-14-24)23-21(28)26-12-5-11-25(15-16-26)20(27)18-6-3-4-7-19(18)22/h3-4,6-7,17H,2,5,8-16H2,1H3,(H,23,28). The Bertz CT molecular complexity index is 676. The van der Waals surface area contributed by atoms with Gasteiger partial charge < -0.3 is 20.0 Å². The van der Waals surface area contributed by atoms with Crippen LogP contribution in [0.3, 0.4) is 0 Å². The second-order valence-electron chi connectivity index (χ2n) is 7.68. The Morgan fingerprint density at radius 3 is 2.43 bits per heavy atom. The van der Waals surface area contributed by atoms with Gasteiger partial charge in [-0.15, -0.1) is 0 Å². The first kappa shape index (κ1) is 20.9. The number of rotatable bonds is 4. The molecular formula is C21H31ClN4O2. The SMILES string of the molecule is CCCN1CCC(NC(=O)N2CCCN(C(=O)c3ccccc3Cl)CC2)CC1. The van der Waals surface area contributed by atoms with E-state index >= 15 is 0 Å². The van der Waals surface area contributed by atoms with E-state index in [1.807, 2.05) is 17.0 Å². The van der Waals surface area contributed by atoms with E-state index in [1.54, 1.807) is 17.0 Å². The molecule has 7 heteroatoms. The summed E-state index contributed by atoms with van der Waals surface area (Å²) < 4.78 is 0. The molecule has 0 aromatic heterocycles. The fraction of sp³-hybridized carbons (Fsp3) is 0.619. The maximum atomic E-state index is 12.8. The zero-order valence-electron chi connectivity index (χ0n) is 16.7. The van der Waals surface area contributed by atoms with Gasteiger partial charge in [0.05, 0.1) is 10.6 Å². The highest BCUT2D eigenvalue weighted by molar-refractivity contribution is 6.33. The van der Waals surface area contributed by atoms with Gasteiger partial charge in [0.15, 0.2) is 0 Å². The van der Waals surface area contributed by atoms with Crippen LogP contribution in [0.15, 0.2) is 24.3 Å². The van der Waals surface area contributed by atoms with Gasteiger partial charge in [-0.1, -0.05) is 30.7 Å². The number of nitrogens with zero attached hydrogens (tertiary/aromatic N) is 3. The maximum Gasteiger partial charge on any atom is 0.317 e. The van der Waals surface area contributed by atoms with Gasteiger partial charge in [-0.05, 0) is 44.4 Å². The molecule has 2 heterocycles. The summed E-state index contributed by atoms with van der Waals surface area (Å²) in [6, 6.07) is 7.39. The number of halogens is 1. The molecule has 1 aromatic carbocycles. The molecule has 2 aliphatic heterocycles. The minimum absolute atomic E-state index is 0.000911. The van der Waals surface area contributed by atoms with Crippen LogP contribution in [0.25, 0.3) is 0 Å². The molecule has 2 fully saturated rings. The molecule has 0 saturated carbocycles. The van der Waals surface area contributed by atoms with Crippen LogP contribution < -0.4 is 5.32 Å². The molecule has 3 amide bonds. The van der Waals surface area contributed by atoms with Crippen LogP contribution in [0.5, 0.6) is 0 Å². The number of likely N-dealkylation sites (tertiary alicyclic amines) is 1. The van der Waals surface area contributed by atoms with Crippen molar-refractivity contribution < 1.29 is 9.59 Å². The fourth-order valence-electron chi connectivity index (χ4n) is 4.01. The second-order valence-corrected chi connectivity index (χ2v) is 8.09.